The van der Waals surface area contributed by atoms with Gasteiger partial charge in [0, 0.05) is 17.3 Å². The van der Waals surface area contributed by atoms with Gasteiger partial charge >= 0.3 is 5.97 Å². The number of carbonyl (C=O) groups excluding carboxylic acids is 2. The Morgan fingerprint density at radius 2 is 2.26 bits per heavy atom. The summed E-state index contributed by atoms with van der Waals surface area (Å²) in [4.78, 5) is 25.4. The van der Waals surface area contributed by atoms with Gasteiger partial charge in [-0.2, -0.15) is 0 Å². The van der Waals surface area contributed by atoms with Crippen LogP contribution < -0.4 is 5.32 Å². The molecule has 0 saturated heterocycles. The summed E-state index contributed by atoms with van der Waals surface area (Å²) >= 11 is 2.69. The van der Waals surface area contributed by atoms with Crippen LogP contribution in [0.1, 0.15) is 46.7 Å². The maximum Gasteiger partial charge on any atom is 0.341 e. The van der Waals surface area contributed by atoms with Gasteiger partial charge in [0.2, 0.25) is 5.91 Å². The van der Waals surface area contributed by atoms with Crippen molar-refractivity contribution in [3.8, 4) is 0 Å². The molecule has 27 heavy (non-hydrogen) atoms. The van der Waals surface area contributed by atoms with Gasteiger partial charge in [0.05, 0.1) is 17.9 Å². The van der Waals surface area contributed by atoms with E-state index in [4.69, 9.17) is 4.74 Å². The quantitative estimate of drug-likeness (QED) is 0.389. The van der Waals surface area contributed by atoms with E-state index in [1.807, 2.05) is 11.5 Å². The molecule has 2 aromatic heterocycles. The molecule has 0 aromatic carbocycles. The number of hydrogen-bond acceptors (Lipinski definition) is 7. The lowest BCUT2D eigenvalue weighted by Crippen LogP contribution is -2.16. The van der Waals surface area contributed by atoms with Gasteiger partial charge in [-0.25, -0.2) is 4.79 Å². The molecule has 0 radical (unpaired) electrons. The van der Waals surface area contributed by atoms with Crippen molar-refractivity contribution in [2.24, 2.45) is 0 Å². The highest BCUT2D eigenvalue weighted by Gasteiger charge is 2.30. The van der Waals surface area contributed by atoms with Gasteiger partial charge in [0.25, 0.3) is 0 Å². The first-order valence-electron chi connectivity index (χ1n) is 8.77. The molecular weight excluding hydrogens is 384 g/mol. The van der Waals surface area contributed by atoms with Crippen molar-refractivity contribution < 1.29 is 14.3 Å². The van der Waals surface area contributed by atoms with E-state index in [0.29, 0.717) is 34.8 Å². The number of carbonyl (C=O) groups is 2. The van der Waals surface area contributed by atoms with Crippen LogP contribution in [0.25, 0.3) is 0 Å². The highest BCUT2D eigenvalue weighted by atomic mass is 32.2. The second-order valence-corrected chi connectivity index (χ2v) is 8.37. The van der Waals surface area contributed by atoms with Crippen molar-refractivity contribution in [2.45, 2.75) is 44.3 Å². The van der Waals surface area contributed by atoms with Crippen LogP contribution in [0.4, 0.5) is 5.00 Å². The fourth-order valence-corrected chi connectivity index (χ4v) is 4.28. The molecule has 0 spiro atoms. The number of nitrogens with zero attached hydrogens (tertiary/aromatic N) is 3. The molecule has 0 atom stereocenters. The summed E-state index contributed by atoms with van der Waals surface area (Å²) in [6.07, 6.45) is 4.07. The Balaban J connectivity index is 1.64. The first-order chi connectivity index (χ1) is 13.0. The highest BCUT2D eigenvalue weighted by molar-refractivity contribution is 7.99. The minimum Gasteiger partial charge on any atom is -0.462 e. The molecule has 0 unspecified atom stereocenters. The third-order valence-corrected chi connectivity index (χ3v) is 5.87. The standard InChI is InChI=1S/C18H22N4O3S2/c1-4-8-22-15(12-6-7-12)20-21-18(22)26-10-14(23)19-16-13(9-11(3)27-16)17(24)25-5-2/h4,9,12H,1,5-8,10H2,2-3H3,(H,19,23). The van der Waals surface area contributed by atoms with Crippen molar-refractivity contribution in [2.75, 3.05) is 17.7 Å². The first kappa shape index (κ1) is 19.6. The van der Waals surface area contributed by atoms with Crippen LogP contribution in [0.2, 0.25) is 0 Å². The van der Waals surface area contributed by atoms with Gasteiger partial charge in [-0.05, 0) is 32.8 Å². The molecule has 2 aromatic rings. The zero-order valence-electron chi connectivity index (χ0n) is 15.4. The zero-order chi connectivity index (χ0) is 19.4. The number of esters is 1. The van der Waals surface area contributed by atoms with Gasteiger partial charge in [-0.1, -0.05) is 17.8 Å². The number of hydrogen-bond donors (Lipinski definition) is 1. The van der Waals surface area contributed by atoms with Gasteiger partial charge < -0.3 is 14.6 Å². The van der Waals surface area contributed by atoms with Crippen LogP contribution in [0, 0.1) is 6.92 Å². The van der Waals surface area contributed by atoms with Gasteiger partial charge in [0.15, 0.2) is 5.16 Å². The summed E-state index contributed by atoms with van der Waals surface area (Å²) < 4.78 is 7.06. The Hall–Kier alpha value is -2.13. The normalized spacial score (nSPS) is 13.4. The predicted octanol–water partition coefficient (Wildman–Crippen LogP) is 3.62. The molecule has 9 heteroatoms. The number of amides is 1. The second-order valence-electron chi connectivity index (χ2n) is 6.17. The van der Waals surface area contributed by atoms with Crippen LogP contribution in [0.3, 0.4) is 0 Å². The van der Waals surface area contributed by atoms with E-state index >= 15 is 0 Å². The van der Waals surface area contributed by atoms with Gasteiger partial charge in [-0.15, -0.1) is 28.1 Å². The average Bonchev–Trinajstić information content (AvgIpc) is 3.30. The number of aromatic nitrogens is 3. The Morgan fingerprint density at radius 1 is 1.48 bits per heavy atom. The molecule has 7 nitrogen and oxygen atoms in total. The number of ether oxygens (including phenoxy) is 1. The monoisotopic (exact) mass is 406 g/mol. The van der Waals surface area contributed by atoms with Gasteiger partial charge in [0.1, 0.15) is 10.8 Å². The van der Waals surface area contributed by atoms with Crippen molar-refractivity contribution in [1.29, 1.82) is 0 Å². The lowest BCUT2D eigenvalue weighted by Gasteiger charge is -2.08. The number of nitrogens with one attached hydrogen (secondary N) is 1. The van der Waals surface area contributed by atoms with Crippen molar-refractivity contribution in [3.05, 3.63) is 35.0 Å². The zero-order valence-corrected chi connectivity index (χ0v) is 17.0. The Morgan fingerprint density at radius 3 is 2.93 bits per heavy atom. The molecule has 1 saturated carbocycles. The fraction of sp³-hybridized carbons (Fsp3) is 0.444. The van der Waals surface area contributed by atoms with Crippen LogP contribution >= 0.6 is 23.1 Å². The largest absolute Gasteiger partial charge is 0.462 e. The fourth-order valence-electron chi connectivity index (χ4n) is 2.61. The van der Waals surface area contributed by atoms with Crippen molar-refractivity contribution in [3.63, 3.8) is 0 Å². The van der Waals surface area contributed by atoms with E-state index in [9.17, 15) is 9.59 Å². The molecule has 1 fully saturated rings. The maximum absolute atomic E-state index is 12.4. The molecule has 144 valence electrons. The molecule has 0 aliphatic heterocycles. The van der Waals surface area contributed by atoms with Crippen molar-refractivity contribution in [1.82, 2.24) is 14.8 Å². The summed E-state index contributed by atoms with van der Waals surface area (Å²) in [7, 11) is 0. The molecule has 3 rings (SSSR count). The SMILES string of the molecule is C=CCn1c(SCC(=O)Nc2sc(C)cc2C(=O)OCC)nnc1C1CC1. The number of aryl methyl sites for hydroxylation is 1. The maximum atomic E-state index is 12.4. The van der Waals surface area contributed by atoms with E-state index in [1.54, 1.807) is 19.1 Å². The minimum absolute atomic E-state index is 0.180. The summed E-state index contributed by atoms with van der Waals surface area (Å²) in [6.45, 7) is 8.34. The molecule has 1 amide bonds. The Labute approximate surface area is 166 Å². The number of anilines is 1. The number of thioether (sulfide) groups is 1. The average molecular weight is 407 g/mol. The summed E-state index contributed by atoms with van der Waals surface area (Å²) in [5.74, 6) is 0.996. The molecular formula is C18H22N4O3S2. The molecule has 1 aliphatic carbocycles. The van der Waals surface area contributed by atoms with E-state index < -0.39 is 5.97 Å². The van der Waals surface area contributed by atoms with E-state index in [1.165, 1.54) is 23.1 Å². The van der Waals surface area contributed by atoms with Crippen LogP contribution in [-0.4, -0.2) is 39.0 Å². The summed E-state index contributed by atoms with van der Waals surface area (Å²) in [5, 5.41) is 12.5. The topological polar surface area (TPSA) is 86.1 Å². The third kappa shape index (κ3) is 4.78. The molecule has 1 aliphatic rings. The minimum atomic E-state index is -0.426. The number of thiophene rings is 1. The highest BCUT2D eigenvalue weighted by Crippen LogP contribution is 2.40. The Bertz CT molecular complexity index is 855. The molecule has 0 bridgehead atoms. The van der Waals surface area contributed by atoms with Crippen LogP contribution in [0.5, 0.6) is 0 Å². The lowest BCUT2D eigenvalue weighted by molar-refractivity contribution is -0.113. The van der Waals surface area contributed by atoms with Crippen LogP contribution in [0.15, 0.2) is 23.9 Å². The van der Waals surface area contributed by atoms with Crippen molar-refractivity contribution >= 4 is 40.0 Å². The second kappa shape index (κ2) is 8.71. The van der Waals surface area contributed by atoms with E-state index in [2.05, 4.69) is 22.1 Å². The number of rotatable bonds is 9. The third-order valence-electron chi connectivity index (χ3n) is 3.94. The lowest BCUT2D eigenvalue weighted by atomic mass is 10.3. The number of allylic oxidation sites excluding steroid dienone is 1. The van der Waals surface area contributed by atoms with Crippen LogP contribution in [-0.2, 0) is 16.1 Å². The molecule has 2 heterocycles. The van der Waals surface area contributed by atoms with E-state index in [-0.39, 0.29) is 11.7 Å². The van der Waals surface area contributed by atoms with Gasteiger partial charge in [-0.3, -0.25) is 4.79 Å². The predicted molar refractivity (Wildman–Crippen MR) is 107 cm³/mol. The Kier molecular flexibility index (Phi) is 6.33. The summed E-state index contributed by atoms with van der Waals surface area (Å²) in [5.41, 5.74) is 0.392. The smallest absolute Gasteiger partial charge is 0.341 e. The summed E-state index contributed by atoms with van der Waals surface area (Å²) in [6, 6.07) is 1.73. The molecule has 1 N–H and O–H groups in total. The van der Waals surface area contributed by atoms with E-state index in [0.717, 1.165) is 23.5 Å². The first-order valence-corrected chi connectivity index (χ1v) is 10.6.